The Morgan fingerprint density at radius 3 is 2.13 bits per heavy atom. The molecular weight excluding hydrogens is 424 g/mol. The quantitative estimate of drug-likeness (QED) is 0.301. The van der Waals surface area contributed by atoms with Crippen molar-refractivity contribution in [3.63, 3.8) is 0 Å². The van der Waals surface area contributed by atoms with Crippen molar-refractivity contribution in [2.24, 2.45) is 0 Å². The van der Waals surface area contributed by atoms with Crippen LogP contribution in [0.1, 0.15) is 36.9 Å². The second-order valence-electron chi connectivity index (χ2n) is 7.09. The van der Waals surface area contributed by atoms with Crippen LogP contribution in [0.4, 0.5) is 0 Å². The topological polar surface area (TPSA) is 108 Å². The van der Waals surface area contributed by atoms with E-state index >= 15 is 0 Å². The van der Waals surface area contributed by atoms with Gasteiger partial charge in [-0.1, -0.05) is 54.1 Å². The van der Waals surface area contributed by atoms with Crippen molar-refractivity contribution in [1.82, 2.24) is 5.32 Å². The molecule has 1 fully saturated rings. The highest BCUT2D eigenvalue weighted by Gasteiger charge is 2.69. The number of nitrogens with one attached hydrogen (secondary N) is 1. The van der Waals surface area contributed by atoms with Gasteiger partial charge in [-0.15, -0.1) is 0 Å². The Bertz CT molecular complexity index is 949. The van der Waals surface area contributed by atoms with Gasteiger partial charge in [-0.05, 0) is 37.1 Å². The number of hydrogen-bond acceptors (Lipinski definition) is 7. The summed E-state index contributed by atoms with van der Waals surface area (Å²) in [6.07, 6.45) is 0. The van der Waals surface area contributed by atoms with Gasteiger partial charge in [-0.3, -0.25) is 15.4 Å². The molecule has 1 heterocycles. The van der Waals surface area contributed by atoms with Gasteiger partial charge in [0, 0.05) is 9.95 Å². The summed E-state index contributed by atoms with van der Waals surface area (Å²) >= 11 is 6.16. The number of ether oxygens (including phenoxy) is 2. The first-order valence-electron chi connectivity index (χ1n) is 9.92. The lowest BCUT2D eigenvalue weighted by molar-refractivity contribution is -0.527. The lowest BCUT2D eigenvalue weighted by Gasteiger charge is -2.30. The Morgan fingerprint density at radius 1 is 1.03 bits per heavy atom. The smallest absolute Gasteiger partial charge is 0.339 e. The molecule has 1 N–H and O–H groups in total. The maximum absolute atomic E-state index is 13.3. The van der Waals surface area contributed by atoms with Crippen LogP contribution in [0, 0.1) is 10.1 Å². The minimum atomic E-state index is -2.12. The zero-order valence-electron chi connectivity index (χ0n) is 17.1. The van der Waals surface area contributed by atoms with Crippen molar-refractivity contribution < 1.29 is 24.0 Å². The molecule has 9 heteroatoms. The van der Waals surface area contributed by atoms with E-state index < -0.39 is 40.4 Å². The fourth-order valence-corrected chi connectivity index (χ4v) is 4.34. The first-order chi connectivity index (χ1) is 14.9. The van der Waals surface area contributed by atoms with Gasteiger partial charge in [0.15, 0.2) is 0 Å². The highest BCUT2D eigenvalue weighted by atomic mass is 35.5. The summed E-state index contributed by atoms with van der Waals surface area (Å²) in [6.45, 7) is 3.17. The Labute approximate surface area is 184 Å². The lowest BCUT2D eigenvalue weighted by Crippen LogP contribution is -2.60. The molecule has 0 amide bonds. The summed E-state index contributed by atoms with van der Waals surface area (Å²) in [5.74, 6) is -3.07. The van der Waals surface area contributed by atoms with Gasteiger partial charge in [0.05, 0.1) is 19.1 Å². The van der Waals surface area contributed by atoms with Crippen LogP contribution in [0.25, 0.3) is 0 Å². The standard InChI is InChI=1S/C22H23ClN2O6/c1-3-30-20(26)22(21(27)31-4-2)17(15-11-8-12-16(23)13-15)19(25(28)29)18(24-22)14-9-6-5-7-10-14/h5-13,17-19,24H,3-4H2,1-2H3/t17-,18+,19-/m0/s1. The van der Waals surface area contributed by atoms with Crippen LogP contribution in [0.2, 0.25) is 5.02 Å². The molecule has 0 saturated carbocycles. The molecule has 164 valence electrons. The molecule has 0 radical (unpaired) electrons. The molecule has 3 rings (SSSR count). The summed E-state index contributed by atoms with van der Waals surface area (Å²) in [4.78, 5) is 38.4. The van der Waals surface area contributed by atoms with Gasteiger partial charge >= 0.3 is 11.9 Å². The van der Waals surface area contributed by atoms with Crippen LogP contribution < -0.4 is 5.32 Å². The molecule has 0 spiro atoms. The summed E-state index contributed by atoms with van der Waals surface area (Å²) in [7, 11) is 0. The third-order valence-corrected chi connectivity index (χ3v) is 5.57. The molecule has 1 aliphatic rings. The number of nitrogens with zero attached hydrogens (tertiary/aromatic N) is 1. The van der Waals surface area contributed by atoms with E-state index in [1.807, 2.05) is 0 Å². The van der Waals surface area contributed by atoms with E-state index in [0.717, 1.165) is 0 Å². The minimum Gasteiger partial charge on any atom is -0.464 e. The number of benzene rings is 2. The maximum atomic E-state index is 13.3. The van der Waals surface area contributed by atoms with E-state index in [4.69, 9.17) is 21.1 Å². The monoisotopic (exact) mass is 446 g/mol. The SMILES string of the molecule is CCOC(=O)C1(C(=O)OCC)N[C@H](c2ccccc2)[C@@H]([N+](=O)[O-])[C@@H]1c1cccc(Cl)c1. The minimum absolute atomic E-state index is 0.0108. The van der Waals surface area contributed by atoms with Crippen molar-refractivity contribution in [2.45, 2.75) is 37.4 Å². The molecule has 2 aromatic rings. The molecule has 31 heavy (non-hydrogen) atoms. The largest absolute Gasteiger partial charge is 0.464 e. The van der Waals surface area contributed by atoms with Gasteiger partial charge in [0.2, 0.25) is 11.6 Å². The van der Waals surface area contributed by atoms with Crippen LogP contribution in [0.5, 0.6) is 0 Å². The van der Waals surface area contributed by atoms with E-state index in [-0.39, 0.29) is 13.2 Å². The van der Waals surface area contributed by atoms with Crippen molar-refractivity contribution in [3.05, 3.63) is 80.9 Å². The third-order valence-electron chi connectivity index (χ3n) is 5.34. The molecule has 0 aliphatic carbocycles. The fraction of sp³-hybridized carbons (Fsp3) is 0.364. The van der Waals surface area contributed by atoms with Crippen LogP contribution in [0.15, 0.2) is 54.6 Å². The molecule has 8 nitrogen and oxygen atoms in total. The Hall–Kier alpha value is -2.97. The van der Waals surface area contributed by atoms with Crippen molar-refractivity contribution in [2.75, 3.05) is 13.2 Å². The van der Waals surface area contributed by atoms with Crippen LogP contribution in [-0.2, 0) is 19.1 Å². The molecule has 3 atom stereocenters. The molecule has 0 aromatic heterocycles. The van der Waals surface area contributed by atoms with Crippen molar-refractivity contribution in [1.29, 1.82) is 0 Å². The summed E-state index contributed by atoms with van der Waals surface area (Å²) in [5, 5.41) is 15.6. The summed E-state index contributed by atoms with van der Waals surface area (Å²) < 4.78 is 10.5. The Morgan fingerprint density at radius 2 is 1.61 bits per heavy atom. The van der Waals surface area contributed by atoms with Gasteiger partial charge in [-0.25, -0.2) is 9.59 Å². The van der Waals surface area contributed by atoms with Crippen molar-refractivity contribution in [3.8, 4) is 0 Å². The molecule has 0 unspecified atom stereocenters. The van der Waals surface area contributed by atoms with Crippen LogP contribution in [0.3, 0.4) is 0 Å². The first-order valence-corrected chi connectivity index (χ1v) is 10.3. The zero-order chi connectivity index (χ0) is 22.6. The Kier molecular flexibility index (Phi) is 6.92. The maximum Gasteiger partial charge on any atom is 0.339 e. The summed E-state index contributed by atoms with van der Waals surface area (Å²) in [6, 6.07) is 12.7. The molecule has 0 bridgehead atoms. The van der Waals surface area contributed by atoms with Gasteiger partial charge < -0.3 is 9.47 Å². The lowest BCUT2D eigenvalue weighted by atomic mass is 9.77. The number of carbonyl (C=O) groups excluding carboxylic acids is 2. The van der Waals surface area contributed by atoms with Crippen LogP contribution >= 0.6 is 11.6 Å². The molecule has 1 aliphatic heterocycles. The van der Waals surface area contributed by atoms with E-state index in [9.17, 15) is 19.7 Å². The predicted octanol–water partition coefficient (Wildman–Crippen LogP) is 3.28. The highest BCUT2D eigenvalue weighted by Crippen LogP contribution is 2.47. The second-order valence-corrected chi connectivity index (χ2v) is 7.53. The number of rotatable bonds is 7. The van der Waals surface area contributed by atoms with Gasteiger partial charge in [0.25, 0.3) is 0 Å². The number of esters is 2. The normalized spacial score (nSPS) is 22.0. The van der Waals surface area contributed by atoms with E-state index in [1.54, 1.807) is 62.4 Å². The fourth-order valence-electron chi connectivity index (χ4n) is 4.15. The van der Waals surface area contributed by atoms with E-state index in [0.29, 0.717) is 16.1 Å². The number of hydrogen-bond donors (Lipinski definition) is 1. The predicted molar refractivity (Wildman–Crippen MR) is 113 cm³/mol. The van der Waals surface area contributed by atoms with Crippen LogP contribution in [-0.4, -0.2) is 41.7 Å². The average molecular weight is 447 g/mol. The van der Waals surface area contributed by atoms with E-state index in [1.165, 1.54) is 6.07 Å². The number of nitro groups is 1. The summed E-state index contributed by atoms with van der Waals surface area (Å²) in [5.41, 5.74) is -1.19. The average Bonchev–Trinajstić information content (AvgIpc) is 3.12. The molecule has 1 saturated heterocycles. The number of carbonyl (C=O) groups is 2. The van der Waals surface area contributed by atoms with Gasteiger partial charge in [0.1, 0.15) is 6.04 Å². The third kappa shape index (κ3) is 4.13. The highest BCUT2D eigenvalue weighted by molar-refractivity contribution is 6.30. The van der Waals surface area contributed by atoms with E-state index in [2.05, 4.69) is 5.32 Å². The second kappa shape index (κ2) is 9.45. The molecular formula is C22H23ClN2O6. The molecule has 2 aromatic carbocycles. The zero-order valence-corrected chi connectivity index (χ0v) is 17.9. The van der Waals surface area contributed by atoms with Crippen molar-refractivity contribution >= 4 is 23.5 Å². The first kappa shape index (κ1) is 22.7. The van der Waals surface area contributed by atoms with Gasteiger partial charge in [-0.2, -0.15) is 0 Å². The number of halogens is 1. The Balaban J connectivity index is 2.29.